The second-order valence-corrected chi connectivity index (χ2v) is 30.6. The van der Waals surface area contributed by atoms with Gasteiger partial charge < -0.3 is 71.3 Å². The standard InChI is InChI=1S/C48H58BrN20O30P5/c49-18-8-66(48(75)64-42(18)71)32-5-22(27(94-32)12-89-102(80,81)96-20-6-34(92-25(20)9-86-100(76)77)69-17-58-37-41(69)61-46(53)63-44(37)73)98-103(82,83)90-13-28-23(7-33(95-28)67-15-56-35-38(51)54-14-55-39(35)67)99-104(84,85)88-11-26-21(4-31(93-26)65-2-1-29(50)59-47(65)74)97-101(78,79)87-10-24-19(70)3-30(91-24)68-16-57-36-40(68)60-45(52)62-43(36)72/h1-2,8,14-17,19-28,30-34,70H,3-7,9-13H2,(H15-,50,51,52,53,54,55,59,60,61,62,63,64,71,72,73,74,75,76,77,78,79,80,81,82,83,84,85)/p+1/t19-,20-,21-,22-,23-,24+,25+,26+,27+,28+,30+,31+,32+,33+,34+/m0/s1. The molecule has 13 heterocycles. The predicted octanol–water partition coefficient (Wildman–Crippen LogP) is -1.54. The first kappa shape index (κ1) is 75.0. The van der Waals surface area contributed by atoms with Crippen LogP contribution in [0.4, 0.5) is 23.5 Å². The number of ether oxygens (including phenoxy) is 5. The van der Waals surface area contributed by atoms with Gasteiger partial charge in [-0.1, -0.05) is 0 Å². The topological polar surface area (TPSA) is 701 Å². The highest BCUT2D eigenvalue weighted by Gasteiger charge is 2.50. The van der Waals surface area contributed by atoms with Crippen LogP contribution in [0.5, 0.6) is 0 Å². The molecule has 5 aliphatic heterocycles. The number of aliphatic hydroxyl groups is 1. The third-order valence-electron chi connectivity index (χ3n) is 16.6. The minimum atomic E-state index is -5.56. The zero-order valence-electron chi connectivity index (χ0n) is 52.5. The molecule has 5 fully saturated rings. The minimum absolute atomic E-state index is 0.00765. The number of H-pyrrole nitrogens is 3. The number of hydrogen-bond donors (Lipinski definition) is 13. The summed E-state index contributed by atoms with van der Waals surface area (Å²) in [5, 5.41) is 10.9. The Labute approximate surface area is 585 Å². The van der Waals surface area contributed by atoms with Gasteiger partial charge in [0, 0.05) is 49.1 Å². The van der Waals surface area contributed by atoms with Gasteiger partial charge in [-0.25, -0.2) is 52.8 Å². The summed E-state index contributed by atoms with van der Waals surface area (Å²) in [6.07, 6.45) is -17.2. The van der Waals surface area contributed by atoms with E-state index in [4.69, 9.17) is 87.3 Å². The van der Waals surface area contributed by atoms with E-state index in [0.29, 0.717) is 0 Å². The third-order valence-corrected chi connectivity index (χ3v) is 21.6. The van der Waals surface area contributed by atoms with Gasteiger partial charge in [-0.3, -0.25) is 88.4 Å². The van der Waals surface area contributed by atoms with E-state index in [1.54, 1.807) is 0 Å². The molecule has 5 saturated heterocycles. The fourth-order valence-corrected chi connectivity index (χ4v) is 16.3. The highest BCUT2D eigenvalue weighted by molar-refractivity contribution is 9.10. The summed E-state index contributed by atoms with van der Waals surface area (Å²) in [4.78, 5) is 157. The van der Waals surface area contributed by atoms with Crippen molar-refractivity contribution in [3.8, 4) is 0 Å². The van der Waals surface area contributed by atoms with Crippen molar-refractivity contribution < 1.29 is 117 Å². The van der Waals surface area contributed by atoms with Crippen LogP contribution >= 0.6 is 55.5 Å². The number of phosphoric ester groups is 4. The van der Waals surface area contributed by atoms with E-state index >= 15 is 0 Å². The summed E-state index contributed by atoms with van der Waals surface area (Å²) < 4.78 is 152. The summed E-state index contributed by atoms with van der Waals surface area (Å²) in [5.74, 6) is -0.800. The average molecular weight is 1630 g/mol. The number of nitrogens with two attached hydrogens (primary N) is 4. The highest BCUT2D eigenvalue weighted by Crippen LogP contribution is 2.55. The molecule has 0 aromatic carbocycles. The average Bonchev–Trinajstić information content (AvgIpc) is 1.69. The second-order valence-electron chi connectivity index (χ2n) is 23.4. The van der Waals surface area contributed by atoms with Crippen LogP contribution in [0, 0.1) is 0 Å². The van der Waals surface area contributed by atoms with Gasteiger partial charge in [-0.05, 0) is 22.0 Å². The molecule has 20 atom stereocenters. The van der Waals surface area contributed by atoms with Crippen LogP contribution in [-0.2, 0) is 87.2 Å². The fraction of sp³-hybridized carbons (Fsp3) is 0.521. The minimum Gasteiger partial charge on any atom is -0.390 e. The van der Waals surface area contributed by atoms with Crippen molar-refractivity contribution in [2.24, 2.45) is 0 Å². The van der Waals surface area contributed by atoms with Crippen LogP contribution in [0.25, 0.3) is 33.5 Å². The molecule has 0 amide bonds. The lowest BCUT2D eigenvalue weighted by Crippen LogP contribution is -2.33. The summed E-state index contributed by atoms with van der Waals surface area (Å²) >= 11 is 3.02. The Kier molecular flexibility index (Phi) is 21.5. The molecule has 0 spiro atoms. The number of anilines is 4. The molecule has 0 radical (unpaired) electrons. The number of phosphoric acid groups is 4. The van der Waals surface area contributed by atoms with Gasteiger partial charge in [0.1, 0.15) is 110 Å². The van der Waals surface area contributed by atoms with Gasteiger partial charge in [0.2, 0.25) is 11.9 Å². The Bertz CT molecular complexity index is 5120. The maximum Gasteiger partial charge on any atom is 0.694 e. The highest BCUT2D eigenvalue weighted by atomic mass is 79.9. The van der Waals surface area contributed by atoms with Crippen LogP contribution in [-0.4, -0.2) is 201 Å². The lowest BCUT2D eigenvalue weighted by Gasteiger charge is -2.25. The Hall–Kier alpha value is -7.29. The summed E-state index contributed by atoms with van der Waals surface area (Å²) in [5.41, 5.74) is 18.8. The van der Waals surface area contributed by atoms with E-state index in [1.165, 1.54) is 38.6 Å². The number of fused-ring (bicyclic) bond motifs is 3. The maximum absolute atomic E-state index is 14.3. The molecule has 104 heavy (non-hydrogen) atoms. The van der Waals surface area contributed by atoms with E-state index in [9.17, 15) is 76.4 Å². The molecule has 0 saturated carbocycles. The zero-order valence-corrected chi connectivity index (χ0v) is 58.5. The number of nitrogen functional groups attached to an aromatic ring is 4. The van der Waals surface area contributed by atoms with Crippen molar-refractivity contribution in [2.75, 3.05) is 56.0 Å². The van der Waals surface area contributed by atoms with Crippen molar-refractivity contribution in [1.82, 2.24) is 77.7 Å². The van der Waals surface area contributed by atoms with Gasteiger partial charge >= 0.3 is 50.9 Å². The van der Waals surface area contributed by atoms with Gasteiger partial charge in [-0.15, -0.1) is 9.42 Å². The van der Waals surface area contributed by atoms with Crippen LogP contribution in [0.1, 0.15) is 63.2 Å². The van der Waals surface area contributed by atoms with E-state index in [0.717, 1.165) is 28.0 Å². The fourth-order valence-electron chi connectivity index (χ4n) is 11.9. The Morgan fingerprint density at radius 1 is 0.519 bits per heavy atom. The number of rotatable bonds is 28. The molecular formula is C48H59BrN20O30P5+. The number of imidazole rings is 3. The van der Waals surface area contributed by atoms with Crippen molar-refractivity contribution in [3.05, 3.63) is 100 Å². The smallest absolute Gasteiger partial charge is 0.390 e. The summed E-state index contributed by atoms with van der Waals surface area (Å²) in [6, 6.07) is 1.23. The number of halogens is 1. The first-order valence-corrected chi connectivity index (χ1v) is 38.2. The molecule has 13 rings (SSSR count). The monoisotopic (exact) mass is 1630 g/mol. The molecule has 8 aromatic heterocycles. The zero-order chi connectivity index (χ0) is 74.1. The van der Waals surface area contributed by atoms with Crippen molar-refractivity contribution in [3.63, 3.8) is 0 Å². The lowest BCUT2D eigenvalue weighted by molar-refractivity contribution is -0.0639. The van der Waals surface area contributed by atoms with Crippen molar-refractivity contribution in [1.29, 1.82) is 0 Å². The lowest BCUT2D eigenvalue weighted by atomic mass is 10.2. The molecule has 50 nitrogen and oxygen atoms in total. The van der Waals surface area contributed by atoms with Gasteiger partial charge in [-0.2, -0.15) is 15.0 Å². The number of hydrogen-bond acceptors (Lipinski definition) is 37. The van der Waals surface area contributed by atoms with E-state index in [2.05, 4.69) is 65.8 Å². The SMILES string of the molecule is Nc1ccn([C@H]2C[C@H](OP(=O)(O)OC[C@H]3O[C@@H](n4cnc5c(=O)[nH]c(N)nc54)C[C@@H]3O)[C@@H](COP(=O)(O)O[C@H]3C[C@H](n4cnc5c(N)ncnc54)O[C@@H]3COP(=O)(O)O[C@H]3C[C@H](n4cc(Br)c(=O)[nH]c4=O)O[C@@H]3COP(=O)(O)O[C@H]3C[C@H](n4cnc5c(=O)[nH]c(N)nc54)O[C@@H]3CO[P+](=O)O)O2)c(=O)n1. The summed E-state index contributed by atoms with van der Waals surface area (Å²) in [6.45, 7) is -4.66. The Morgan fingerprint density at radius 3 is 1.38 bits per heavy atom. The maximum atomic E-state index is 14.3. The largest absolute Gasteiger partial charge is 0.694 e. The number of nitrogens with zero attached hydrogens (tertiary/aromatic N) is 13. The van der Waals surface area contributed by atoms with Crippen molar-refractivity contribution >= 4 is 112 Å². The van der Waals surface area contributed by atoms with Crippen LogP contribution in [0.2, 0.25) is 0 Å². The molecule has 5 aliphatic rings. The predicted molar refractivity (Wildman–Crippen MR) is 344 cm³/mol. The molecule has 0 aliphatic carbocycles. The Morgan fingerprint density at radius 2 is 0.923 bits per heavy atom. The van der Waals surface area contributed by atoms with E-state index in [1.807, 2.05) is 4.98 Å². The quantitative estimate of drug-likeness (QED) is 0.0247. The summed E-state index contributed by atoms with van der Waals surface area (Å²) in [7, 11) is -25.0. The molecule has 8 aromatic rings. The van der Waals surface area contributed by atoms with E-state index < -0.39 is 212 Å². The molecule has 562 valence electrons. The van der Waals surface area contributed by atoms with Crippen LogP contribution in [0.15, 0.2) is 72.2 Å². The molecule has 56 heteroatoms. The van der Waals surface area contributed by atoms with Crippen LogP contribution in [0.3, 0.4) is 0 Å². The molecule has 5 unspecified atom stereocenters. The first-order chi connectivity index (χ1) is 49.2. The number of aliphatic hydroxyl groups excluding tert-OH is 1. The first-order valence-electron chi connectivity index (χ1n) is 30.3. The Balaban J connectivity index is 0.697. The van der Waals surface area contributed by atoms with Crippen molar-refractivity contribution in [2.45, 2.75) is 124 Å². The van der Waals surface area contributed by atoms with Gasteiger partial charge in [0.25, 0.3) is 16.7 Å². The number of aromatic nitrogens is 16. The third kappa shape index (κ3) is 16.6. The molecule has 17 N–H and O–H groups in total. The van der Waals surface area contributed by atoms with Crippen LogP contribution < -0.4 is 51.0 Å². The van der Waals surface area contributed by atoms with Gasteiger partial charge in [0.15, 0.2) is 33.8 Å². The normalized spacial score (nSPS) is 29.0. The number of nitrogens with one attached hydrogen (secondary N) is 3. The molecular weight excluding hydrogens is 1570 g/mol. The second kappa shape index (κ2) is 29.8. The van der Waals surface area contributed by atoms with Gasteiger partial charge in [0.05, 0.1) is 56.0 Å². The molecule has 0 bridgehead atoms. The number of aromatic amines is 3. The van der Waals surface area contributed by atoms with E-state index in [-0.39, 0.29) is 74.3 Å².